The average Bonchev–Trinajstić information content (AvgIpc) is 3.26. The summed E-state index contributed by atoms with van der Waals surface area (Å²) in [5.41, 5.74) is 2.81. The summed E-state index contributed by atoms with van der Waals surface area (Å²) in [7, 11) is 0. The number of nitrogens with zero attached hydrogens (tertiary/aromatic N) is 3. The Bertz CT molecular complexity index is 1510. The first-order valence-corrected chi connectivity index (χ1v) is 11.9. The van der Waals surface area contributed by atoms with Crippen molar-refractivity contribution >= 4 is 43.9 Å². The van der Waals surface area contributed by atoms with E-state index in [4.69, 9.17) is 0 Å². The molecule has 170 valence electrons. The second-order valence-corrected chi connectivity index (χ2v) is 9.10. The SMILES string of the molecule is C[C@H](CCc1ccccc1)NC(=O)c1ccc2c(=O)n3nc(Nc4ccccc4)sc3nc2c1. The molecule has 8 heteroatoms. The molecule has 2 N–H and O–H groups in total. The minimum Gasteiger partial charge on any atom is -0.350 e. The summed E-state index contributed by atoms with van der Waals surface area (Å²) >= 11 is 1.28. The second kappa shape index (κ2) is 9.44. The third kappa shape index (κ3) is 4.67. The van der Waals surface area contributed by atoms with Gasteiger partial charge in [-0.3, -0.25) is 9.59 Å². The zero-order chi connectivity index (χ0) is 23.5. The van der Waals surface area contributed by atoms with Gasteiger partial charge in [0.25, 0.3) is 11.5 Å². The van der Waals surface area contributed by atoms with Crippen LogP contribution in [0.25, 0.3) is 15.9 Å². The van der Waals surface area contributed by atoms with Crippen LogP contribution in [0.1, 0.15) is 29.3 Å². The van der Waals surface area contributed by atoms with Crippen LogP contribution < -0.4 is 16.2 Å². The van der Waals surface area contributed by atoms with Gasteiger partial charge in [0, 0.05) is 17.3 Å². The van der Waals surface area contributed by atoms with Crippen LogP contribution in [0, 0.1) is 0 Å². The van der Waals surface area contributed by atoms with Gasteiger partial charge in [-0.15, -0.1) is 5.10 Å². The smallest absolute Gasteiger partial charge is 0.283 e. The maximum absolute atomic E-state index is 13.0. The molecule has 0 saturated heterocycles. The average molecular weight is 470 g/mol. The number of nitrogens with one attached hydrogen (secondary N) is 2. The number of anilines is 2. The molecule has 0 fully saturated rings. The summed E-state index contributed by atoms with van der Waals surface area (Å²) in [6.07, 6.45) is 1.72. The van der Waals surface area contributed by atoms with Crippen LogP contribution in [0.15, 0.2) is 83.7 Å². The van der Waals surface area contributed by atoms with E-state index in [0.29, 0.717) is 26.6 Å². The number of benzene rings is 3. The van der Waals surface area contributed by atoms with Crippen LogP contribution in [0.4, 0.5) is 10.8 Å². The number of rotatable bonds is 7. The van der Waals surface area contributed by atoms with Crippen LogP contribution >= 0.6 is 11.3 Å². The van der Waals surface area contributed by atoms with Gasteiger partial charge in [0.05, 0.1) is 10.9 Å². The standard InChI is InChI=1S/C26H23N5O2S/c1-17(12-13-18-8-4-2-5-9-18)27-23(32)19-14-15-21-22(16-19)29-26-31(24(21)33)30-25(34-26)28-20-10-6-3-7-11-20/h2-11,14-17H,12-13H2,1H3,(H,27,32)(H,28,30)/t17-/m1/s1. The predicted molar refractivity (Wildman–Crippen MR) is 136 cm³/mol. The highest BCUT2D eigenvalue weighted by atomic mass is 32.1. The van der Waals surface area contributed by atoms with Gasteiger partial charge < -0.3 is 10.6 Å². The Morgan fingerprint density at radius 2 is 1.76 bits per heavy atom. The quantitative estimate of drug-likeness (QED) is 0.358. The fraction of sp³-hybridized carbons (Fsp3) is 0.154. The van der Waals surface area contributed by atoms with Crippen molar-refractivity contribution < 1.29 is 4.79 Å². The molecule has 0 saturated carbocycles. The van der Waals surface area contributed by atoms with Crippen molar-refractivity contribution in [3.05, 3.63) is 100 Å². The number of carbonyl (C=O) groups excluding carboxylic acids is 1. The zero-order valence-electron chi connectivity index (χ0n) is 18.6. The number of aryl methyl sites for hydroxylation is 1. The van der Waals surface area contributed by atoms with Crippen LogP contribution in [-0.4, -0.2) is 26.5 Å². The van der Waals surface area contributed by atoms with E-state index in [1.54, 1.807) is 18.2 Å². The molecule has 1 amide bonds. The van der Waals surface area contributed by atoms with Crippen molar-refractivity contribution in [2.45, 2.75) is 25.8 Å². The highest BCUT2D eigenvalue weighted by Crippen LogP contribution is 2.23. The molecular formula is C26H23N5O2S. The molecule has 0 aliphatic carbocycles. The van der Waals surface area contributed by atoms with Gasteiger partial charge in [0.15, 0.2) is 0 Å². The first kappa shape index (κ1) is 21.8. The fourth-order valence-electron chi connectivity index (χ4n) is 3.75. The molecule has 0 spiro atoms. The monoisotopic (exact) mass is 469 g/mol. The third-order valence-electron chi connectivity index (χ3n) is 5.57. The summed E-state index contributed by atoms with van der Waals surface area (Å²) in [5.74, 6) is -0.180. The Morgan fingerprint density at radius 1 is 1.03 bits per heavy atom. The molecule has 0 unspecified atom stereocenters. The molecule has 7 nitrogen and oxygen atoms in total. The predicted octanol–water partition coefficient (Wildman–Crippen LogP) is 4.80. The van der Waals surface area contributed by atoms with Gasteiger partial charge in [0.1, 0.15) is 0 Å². The molecule has 3 aromatic carbocycles. The van der Waals surface area contributed by atoms with E-state index in [2.05, 4.69) is 32.8 Å². The molecule has 0 bridgehead atoms. The van der Waals surface area contributed by atoms with Crippen LogP contribution in [0.3, 0.4) is 0 Å². The van der Waals surface area contributed by atoms with Gasteiger partial charge >= 0.3 is 0 Å². The zero-order valence-corrected chi connectivity index (χ0v) is 19.4. The molecule has 1 atom stereocenters. The van der Waals surface area contributed by atoms with Crippen molar-refractivity contribution in [2.24, 2.45) is 0 Å². The van der Waals surface area contributed by atoms with Crippen molar-refractivity contribution in [3.63, 3.8) is 0 Å². The lowest BCUT2D eigenvalue weighted by Gasteiger charge is -2.14. The molecule has 2 aromatic heterocycles. The second-order valence-electron chi connectivity index (χ2n) is 8.14. The molecule has 5 aromatic rings. The topological polar surface area (TPSA) is 88.4 Å². The van der Waals surface area contributed by atoms with E-state index in [-0.39, 0.29) is 17.5 Å². The lowest BCUT2D eigenvalue weighted by Crippen LogP contribution is -2.33. The van der Waals surface area contributed by atoms with Crippen LogP contribution in [-0.2, 0) is 6.42 Å². The minimum absolute atomic E-state index is 0.0117. The van der Waals surface area contributed by atoms with Gasteiger partial charge in [-0.25, -0.2) is 4.98 Å². The number of amides is 1. The Labute approximate surface area is 200 Å². The summed E-state index contributed by atoms with van der Waals surface area (Å²) in [4.78, 5) is 30.9. The minimum atomic E-state index is -0.263. The Balaban J connectivity index is 1.35. The summed E-state index contributed by atoms with van der Waals surface area (Å²) in [6.45, 7) is 1.99. The van der Waals surface area contributed by atoms with E-state index in [9.17, 15) is 9.59 Å². The van der Waals surface area contributed by atoms with Gasteiger partial charge in [-0.05, 0) is 55.7 Å². The first-order valence-electron chi connectivity index (χ1n) is 11.1. The van der Waals surface area contributed by atoms with E-state index in [1.165, 1.54) is 21.4 Å². The number of hydrogen-bond acceptors (Lipinski definition) is 6. The summed E-state index contributed by atoms with van der Waals surface area (Å²) in [6, 6.07) is 24.8. The molecule has 2 heterocycles. The Morgan fingerprint density at radius 3 is 2.53 bits per heavy atom. The first-order chi connectivity index (χ1) is 16.6. The fourth-order valence-corrected chi connectivity index (χ4v) is 4.57. The van der Waals surface area contributed by atoms with Crippen molar-refractivity contribution in [1.82, 2.24) is 19.9 Å². The molecule has 0 aliphatic heterocycles. The van der Waals surface area contributed by atoms with Gasteiger partial charge in [-0.2, -0.15) is 4.52 Å². The highest BCUT2D eigenvalue weighted by Gasteiger charge is 2.15. The summed E-state index contributed by atoms with van der Waals surface area (Å²) in [5, 5.41) is 11.6. The highest BCUT2D eigenvalue weighted by molar-refractivity contribution is 7.20. The number of carbonyl (C=O) groups is 1. The molecule has 0 aliphatic rings. The maximum atomic E-state index is 13.0. The van der Waals surface area contributed by atoms with E-state index in [1.807, 2.05) is 55.5 Å². The van der Waals surface area contributed by atoms with Crippen LogP contribution in [0.2, 0.25) is 0 Å². The molecule has 5 rings (SSSR count). The molecule has 0 radical (unpaired) electrons. The van der Waals surface area contributed by atoms with Gasteiger partial charge in [0.2, 0.25) is 10.1 Å². The van der Waals surface area contributed by atoms with Crippen LogP contribution in [0.5, 0.6) is 0 Å². The normalized spacial score (nSPS) is 12.0. The van der Waals surface area contributed by atoms with E-state index < -0.39 is 0 Å². The Hall–Kier alpha value is -4.04. The van der Waals surface area contributed by atoms with Crippen molar-refractivity contribution in [3.8, 4) is 0 Å². The lowest BCUT2D eigenvalue weighted by molar-refractivity contribution is 0.0938. The number of hydrogen-bond donors (Lipinski definition) is 2. The van der Waals surface area contributed by atoms with E-state index in [0.717, 1.165) is 18.5 Å². The summed E-state index contributed by atoms with van der Waals surface area (Å²) < 4.78 is 1.30. The number of fused-ring (bicyclic) bond motifs is 2. The molecular weight excluding hydrogens is 446 g/mol. The molecule has 34 heavy (non-hydrogen) atoms. The van der Waals surface area contributed by atoms with Gasteiger partial charge in [-0.1, -0.05) is 59.9 Å². The van der Waals surface area contributed by atoms with Crippen molar-refractivity contribution in [1.29, 1.82) is 0 Å². The number of aromatic nitrogens is 3. The lowest BCUT2D eigenvalue weighted by atomic mass is 10.1. The van der Waals surface area contributed by atoms with Crippen molar-refractivity contribution in [2.75, 3.05) is 5.32 Å². The largest absolute Gasteiger partial charge is 0.350 e. The Kier molecular flexibility index (Phi) is 6.05. The maximum Gasteiger partial charge on any atom is 0.283 e. The van der Waals surface area contributed by atoms with E-state index >= 15 is 0 Å². The number of para-hydroxylation sites is 1. The third-order valence-corrected chi connectivity index (χ3v) is 6.39.